The fourth-order valence-electron chi connectivity index (χ4n) is 4.96. The quantitative estimate of drug-likeness (QED) is 0.694. The molecule has 1 N–H and O–H groups in total. The molecule has 172 valence electrons. The van der Waals surface area contributed by atoms with Crippen LogP contribution in [0.2, 0.25) is 0 Å². The number of ketones is 1. The highest BCUT2D eigenvalue weighted by Crippen LogP contribution is 2.33. The molecule has 3 aliphatic rings. The predicted octanol–water partition coefficient (Wildman–Crippen LogP) is 1.57. The molecule has 0 aromatic heterocycles. The molecule has 3 heterocycles. The van der Waals surface area contributed by atoms with Gasteiger partial charge in [-0.3, -0.25) is 24.7 Å². The number of methoxy groups -OCH3 is 1. The minimum Gasteiger partial charge on any atom is -0.497 e. The van der Waals surface area contributed by atoms with Crippen LogP contribution in [0.3, 0.4) is 0 Å². The number of carbonyl (C=O) groups excluding carboxylic acids is 3. The average molecular weight is 450 g/mol. The first-order chi connectivity index (χ1) is 16.0. The summed E-state index contributed by atoms with van der Waals surface area (Å²) in [6.45, 7) is 1.28. The van der Waals surface area contributed by atoms with E-state index in [1.54, 1.807) is 38.4 Å². The lowest BCUT2D eigenvalue weighted by molar-refractivity contribution is -0.138. The number of Topliss-reactive ketones (excluding diaryl/α,β-unsaturated/α-hetero) is 1. The van der Waals surface area contributed by atoms with Gasteiger partial charge in [-0.2, -0.15) is 0 Å². The number of hydrogen-bond acceptors (Lipinski definition) is 7. The van der Waals surface area contributed by atoms with Crippen molar-refractivity contribution in [2.45, 2.75) is 24.9 Å². The number of likely N-dealkylation sites (N-methyl/N-ethyl adjacent to an activating group) is 1. The molecule has 0 aliphatic carbocycles. The van der Waals surface area contributed by atoms with E-state index in [0.29, 0.717) is 5.56 Å². The number of amides is 3. The van der Waals surface area contributed by atoms with Gasteiger partial charge in [-0.25, -0.2) is 4.79 Å². The van der Waals surface area contributed by atoms with Gasteiger partial charge in [0.1, 0.15) is 24.2 Å². The summed E-state index contributed by atoms with van der Waals surface area (Å²) in [5.74, 6) is 0.184. The Morgan fingerprint density at radius 3 is 2.48 bits per heavy atom. The number of nitrogens with zero attached hydrogens (tertiary/aromatic N) is 4. The second-order valence-corrected chi connectivity index (χ2v) is 8.52. The van der Waals surface area contributed by atoms with Gasteiger partial charge in [-0.15, -0.1) is 0 Å². The third kappa shape index (κ3) is 3.63. The number of anilines is 1. The highest BCUT2D eigenvalue weighted by atomic mass is 16.5. The highest BCUT2D eigenvalue weighted by Gasteiger charge is 2.56. The van der Waals surface area contributed by atoms with Crippen LogP contribution in [0.4, 0.5) is 10.5 Å². The van der Waals surface area contributed by atoms with Crippen LogP contribution in [0, 0.1) is 0 Å². The van der Waals surface area contributed by atoms with Crippen LogP contribution >= 0.6 is 0 Å². The van der Waals surface area contributed by atoms with Gasteiger partial charge in [0.15, 0.2) is 5.78 Å². The van der Waals surface area contributed by atoms with Crippen molar-refractivity contribution >= 4 is 23.4 Å². The first kappa shape index (κ1) is 21.4. The second-order valence-electron chi connectivity index (χ2n) is 8.52. The number of imide groups is 1. The number of hydrogen-bond donors (Lipinski definition) is 1. The summed E-state index contributed by atoms with van der Waals surface area (Å²) in [5, 5.41) is 3.48. The van der Waals surface area contributed by atoms with Crippen molar-refractivity contribution < 1.29 is 19.1 Å². The monoisotopic (exact) mass is 449 g/mol. The maximum Gasteiger partial charge on any atom is 0.328 e. The molecule has 33 heavy (non-hydrogen) atoms. The Kier molecular flexibility index (Phi) is 5.51. The molecule has 0 bridgehead atoms. The number of nitrogens with one attached hydrogen (secondary N) is 1. The minimum atomic E-state index is -0.553. The molecule has 2 aromatic rings. The normalized spacial score (nSPS) is 25.2. The van der Waals surface area contributed by atoms with Gasteiger partial charge in [0.2, 0.25) is 0 Å². The lowest BCUT2D eigenvalue weighted by atomic mass is 10.1. The van der Waals surface area contributed by atoms with Gasteiger partial charge in [-0.1, -0.05) is 30.3 Å². The van der Waals surface area contributed by atoms with Gasteiger partial charge in [0.25, 0.3) is 5.91 Å². The van der Waals surface area contributed by atoms with Gasteiger partial charge < -0.3 is 14.5 Å². The van der Waals surface area contributed by atoms with Crippen molar-refractivity contribution in [3.05, 3.63) is 60.2 Å². The van der Waals surface area contributed by atoms with E-state index >= 15 is 0 Å². The first-order valence-electron chi connectivity index (χ1n) is 11.1. The number of ether oxygens (including phenoxy) is 1. The van der Waals surface area contributed by atoms with Crippen molar-refractivity contribution in [1.82, 2.24) is 20.0 Å². The Morgan fingerprint density at radius 2 is 1.79 bits per heavy atom. The standard InChI is InChI=1S/C24H27N5O4/c1-26-21-20(22(31)29(24(26)32)15-19(30)16-7-4-3-5-8-16)28-14-6-13-27(23(28)25-21)17-9-11-18(33-2)12-10-17/h3-5,7-12,20-21,23,25H,6,13-15H2,1-2H3. The molecule has 0 saturated carbocycles. The first-order valence-corrected chi connectivity index (χ1v) is 11.1. The van der Waals surface area contributed by atoms with Crippen molar-refractivity contribution in [3.63, 3.8) is 0 Å². The second kappa shape index (κ2) is 8.49. The third-order valence-electron chi connectivity index (χ3n) is 6.67. The van der Waals surface area contributed by atoms with Gasteiger partial charge in [-0.05, 0) is 30.7 Å². The summed E-state index contributed by atoms with van der Waals surface area (Å²) >= 11 is 0. The zero-order valence-corrected chi connectivity index (χ0v) is 18.7. The fraction of sp³-hybridized carbons (Fsp3) is 0.375. The van der Waals surface area contributed by atoms with E-state index in [1.807, 2.05) is 30.3 Å². The van der Waals surface area contributed by atoms with Crippen LogP contribution in [-0.4, -0.2) is 84.7 Å². The molecular weight excluding hydrogens is 422 g/mol. The molecule has 9 nitrogen and oxygen atoms in total. The van der Waals surface area contributed by atoms with E-state index in [1.165, 1.54) is 4.90 Å². The van der Waals surface area contributed by atoms with E-state index in [-0.39, 0.29) is 24.5 Å². The van der Waals surface area contributed by atoms with Crippen LogP contribution in [0.25, 0.3) is 0 Å². The summed E-state index contributed by atoms with van der Waals surface area (Å²) < 4.78 is 5.27. The molecule has 5 rings (SSSR count). The molecule has 3 fully saturated rings. The fourth-order valence-corrected chi connectivity index (χ4v) is 4.96. The van der Waals surface area contributed by atoms with E-state index in [0.717, 1.165) is 35.8 Å². The molecule has 9 heteroatoms. The highest BCUT2D eigenvalue weighted by molar-refractivity contribution is 6.07. The van der Waals surface area contributed by atoms with Crippen molar-refractivity contribution in [1.29, 1.82) is 0 Å². The van der Waals surface area contributed by atoms with Crippen LogP contribution in [0.15, 0.2) is 54.6 Å². The Balaban J connectivity index is 1.39. The summed E-state index contributed by atoms with van der Waals surface area (Å²) in [7, 11) is 3.31. The molecule has 3 saturated heterocycles. The Bertz CT molecular complexity index is 1060. The van der Waals surface area contributed by atoms with Crippen LogP contribution in [0.1, 0.15) is 16.8 Å². The van der Waals surface area contributed by atoms with E-state index in [4.69, 9.17) is 4.74 Å². The van der Waals surface area contributed by atoms with E-state index in [2.05, 4.69) is 15.1 Å². The van der Waals surface area contributed by atoms with Crippen LogP contribution in [0.5, 0.6) is 5.75 Å². The molecular formula is C24H27N5O4. The van der Waals surface area contributed by atoms with Crippen molar-refractivity contribution in [3.8, 4) is 5.75 Å². The molecule has 3 atom stereocenters. The average Bonchev–Trinajstić information content (AvgIpc) is 3.26. The molecule has 3 aliphatic heterocycles. The molecule has 3 unspecified atom stereocenters. The van der Waals surface area contributed by atoms with Gasteiger partial charge in [0, 0.05) is 31.4 Å². The Hall–Kier alpha value is -3.43. The number of fused-ring (bicyclic) bond motifs is 3. The van der Waals surface area contributed by atoms with Gasteiger partial charge >= 0.3 is 6.03 Å². The summed E-state index contributed by atoms with van der Waals surface area (Å²) in [6.07, 6.45) is 0.185. The lowest BCUT2D eigenvalue weighted by Gasteiger charge is -2.43. The molecule has 2 aromatic carbocycles. The smallest absolute Gasteiger partial charge is 0.328 e. The summed E-state index contributed by atoms with van der Waals surface area (Å²) in [6, 6.07) is 15.5. The number of benzene rings is 2. The topological polar surface area (TPSA) is 85.4 Å². The SMILES string of the molecule is COc1ccc(N2CCCN3C4C(=O)N(CC(=O)c5ccccc5)C(=O)N(C)C4NC23)cc1. The Labute approximate surface area is 192 Å². The lowest BCUT2D eigenvalue weighted by Crippen LogP contribution is -2.66. The molecule has 0 spiro atoms. The predicted molar refractivity (Wildman–Crippen MR) is 122 cm³/mol. The van der Waals surface area contributed by atoms with E-state index < -0.39 is 18.2 Å². The largest absolute Gasteiger partial charge is 0.497 e. The maximum absolute atomic E-state index is 13.5. The maximum atomic E-state index is 13.5. The Morgan fingerprint density at radius 1 is 1.06 bits per heavy atom. The number of rotatable bonds is 5. The molecule has 0 radical (unpaired) electrons. The number of urea groups is 1. The summed E-state index contributed by atoms with van der Waals surface area (Å²) in [4.78, 5) is 46.3. The third-order valence-corrected chi connectivity index (χ3v) is 6.67. The zero-order valence-electron chi connectivity index (χ0n) is 18.7. The van der Waals surface area contributed by atoms with Gasteiger partial charge in [0.05, 0.1) is 13.7 Å². The number of carbonyl (C=O) groups is 3. The minimum absolute atomic E-state index is 0.230. The van der Waals surface area contributed by atoms with Crippen molar-refractivity contribution in [2.75, 3.05) is 38.7 Å². The van der Waals surface area contributed by atoms with E-state index in [9.17, 15) is 14.4 Å². The molecule has 3 amide bonds. The summed E-state index contributed by atoms with van der Waals surface area (Å²) in [5.41, 5.74) is 1.49. The van der Waals surface area contributed by atoms with Crippen molar-refractivity contribution in [2.24, 2.45) is 0 Å². The van der Waals surface area contributed by atoms with Crippen LogP contribution in [-0.2, 0) is 4.79 Å². The zero-order chi connectivity index (χ0) is 23.1. The van der Waals surface area contributed by atoms with Crippen LogP contribution < -0.4 is 15.0 Å².